The molecule has 1 aromatic heterocycles. The van der Waals surface area contributed by atoms with Gasteiger partial charge in [-0.25, -0.2) is 0 Å². The lowest BCUT2D eigenvalue weighted by molar-refractivity contribution is 1.10. The van der Waals surface area contributed by atoms with Gasteiger partial charge in [0.1, 0.15) is 0 Å². The van der Waals surface area contributed by atoms with Gasteiger partial charge in [-0.1, -0.05) is 102 Å². The third-order valence-corrected chi connectivity index (χ3v) is 4.38. The van der Waals surface area contributed by atoms with Crippen LogP contribution in [0.2, 0.25) is 0 Å². The van der Waals surface area contributed by atoms with Gasteiger partial charge in [-0.3, -0.25) is 0 Å². The zero-order chi connectivity index (χ0) is 21.8. The highest BCUT2D eigenvalue weighted by Crippen LogP contribution is 2.36. The third-order valence-electron chi connectivity index (χ3n) is 4.38. The van der Waals surface area contributed by atoms with E-state index in [4.69, 9.17) is 0 Å². The molecule has 0 saturated carbocycles. The molecule has 0 aliphatic rings. The summed E-state index contributed by atoms with van der Waals surface area (Å²) in [6.45, 7) is 20.1. The molecule has 0 saturated heterocycles. The first-order valence-corrected chi connectivity index (χ1v) is 10.5. The molecular formula is C28H35N. The Hall–Kier alpha value is -3.06. The van der Waals surface area contributed by atoms with Gasteiger partial charge in [-0.05, 0) is 37.6 Å². The standard InChI is InChI=1S/C24H23N.2C2H6/c1-5-12-21-18(7-3)16-17-22-20(8-4)23(13-6-2)25(24(21)22)19-14-10-9-11-15-19;2*1-2/h5-17H,3-4H2,1-2H3;2*1-2H3/b12-5-,13-6-;;. The Morgan fingerprint density at radius 3 is 1.86 bits per heavy atom. The maximum atomic E-state index is 4.06. The van der Waals surface area contributed by atoms with Crippen LogP contribution in [0.3, 0.4) is 0 Å². The van der Waals surface area contributed by atoms with E-state index in [1.807, 2.05) is 59.8 Å². The Kier molecular flexibility index (Phi) is 10.3. The number of hydrogen-bond acceptors (Lipinski definition) is 0. The van der Waals surface area contributed by atoms with Gasteiger partial charge in [0.15, 0.2) is 0 Å². The summed E-state index contributed by atoms with van der Waals surface area (Å²) in [5.41, 5.74) is 6.93. The Morgan fingerprint density at radius 2 is 1.34 bits per heavy atom. The monoisotopic (exact) mass is 385 g/mol. The summed E-state index contributed by atoms with van der Waals surface area (Å²) in [6, 6.07) is 14.8. The van der Waals surface area contributed by atoms with E-state index < -0.39 is 0 Å². The maximum absolute atomic E-state index is 4.06. The number of fused-ring (bicyclic) bond motifs is 1. The van der Waals surface area contributed by atoms with Crippen LogP contribution in [0, 0.1) is 0 Å². The molecule has 0 spiro atoms. The number of rotatable bonds is 5. The maximum Gasteiger partial charge on any atom is 0.0619 e. The average molecular weight is 386 g/mol. The van der Waals surface area contributed by atoms with Crippen molar-refractivity contribution in [2.24, 2.45) is 0 Å². The molecule has 0 fully saturated rings. The molecule has 1 heterocycles. The van der Waals surface area contributed by atoms with Gasteiger partial charge in [0.05, 0.1) is 11.2 Å². The van der Waals surface area contributed by atoms with Crippen molar-refractivity contribution in [3.63, 3.8) is 0 Å². The quantitative estimate of drug-likeness (QED) is 0.413. The normalized spacial score (nSPS) is 10.4. The summed E-state index contributed by atoms with van der Waals surface area (Å²) in [5, 5.41) is 1.20. The molecule has 1 nitrogen and oxygen atoms in total. The van der Waals surface area contributed by atoms with Crippen LogP contribution in [-0.2, 0) is 0 Å². The molecule has 0 atom stereocenters. The molecule has 29 heavy (non-hydrogen) atoms. The number of nitrogens with zero attached hydrogens (tertiary/aromatic N) is 1. The van der Waals surface area contributed by atoms with Crippen molar-refractivity contribution >= 4 is 35.2 Å². The van der Waals surface area contributed by atoms with Crippen LogP contribution in [0.5, 0.6) is 0 Å². The first-order valence-electron chi connectivity index (χ1n) is 10.5. The summed E-state index contributed by atoms with van der Waals surface area (Å²) in [5.74, 6) is 0. The van der Waals surface area contributed by atoms with E-state index in [0.29, 0.717) is 0 Å². The number of allylic oxidation sites excluding steroid dienone is 2. The first-order chi connectivity index (χ1) is 14.3. The van der Waals surface area contributed by atoms with E-state index >= 15 is 0 Å². The van der Waals surface area contributed by atoms with Gasteiger partial charge in [0, 0.05) is 22.2 Å². The fourth-order valence-corrected chi connectivity index (χ4v) is 3.36. The van der Waals surface area contributed by atoms with E-state index in [1.54, 1.807) is 0 Å². The Balaban J connectivity index is 0.000000989. The predicted molar refractivity (Wildman–Crippen MR) is 136 cm³/mol. The van der Waals surface area contributed by atoms with E-state index in [1.165, 1.54) is 16.5 Å². The second-order valence-electron chi connectivity index (χ2n) is 5.84. The van der Waals surface area contributed by atoms with E-state index in [0.717, 1.165) is 22.5 Å². The van der Waals surface area contributed by atoms with Crippen molar-refractivity contribution in [2.45, 2.75) is 41.5 Å². The summed E-state index contributed by atoms with van der Waals surface area (Å²) >= 11 is 0. The van der Waals surface area contributed by atoms with E-state index in [2.05, 4.69) is 78.4 Å². The number of benzene rings is 2. The lowest BCUT2D eigenvalue weighted by Crippen LogP contribution is -1.98. The van der Waals surface area contributed by atoms with Crippen LogP contribution in [0.4, 0.5) is 0 Å². The van der Waals surface area contributed by atoms with E-state index in [-0.39, 0.29) is 0 Å². The first kappa shape index (κ1) is 24.0. The van der Waals surface area contributed by atoms with Gasteiger partial charge in [0.25, 0.3) is 0 Å². The van der Waals surface area contributed by atoms with Gasteiger partial charge in [-0.2, -0.15) is 0 Å². The van der Waals surface area contributed by atoms with Crippen molar-refractivity contribution in [3.05, 3.63) is 90.2 Å². The van der Waals surface area contributed by atoms with Crippen LogP contribution in [0.1, 0.15) is 63.9 Å². The minimum Gasteiger partial charge on any atom is -0.309 e. The van der Waals surface area contributed by atoms with Crippen molar-refractivity contribution in [3.8, 4) is 5.69 Å². The number of hydrogen-bond donors (Lipinski definition) is 0. The molecule has 0 aliphatic carbocycles. The number of aromatic nitrogens is 1. The molecule has 0 N–H and O–H groups in total. The van der Waals surface area contributed by atoms with Crippen LogP contribution in [0.25, 0.3) is 40.9 Å². The molecule has 152 valence electrons. The van der Waals surface area contributed by atoms with E-state index in [9.17, 15) is 0 Å². The highest BCUT2D eigenvalue weighted by Gasteiger charge is 2.18. The minimum atomic E-state index is 1.13. The zero-order valence-corrected chi connectivity index (χ0v) is 18.9. The Morgan fingerprint density at radius 1 is 0.724 bits per heavy atom. The molecule has 3 rings (SSSR count). The van der Waals surface area contributed by atoms with Crippen molar-refractivity contribution in [2.75, 3.05) is 0 Å². The van der Waals surface area contributed by atoms with Gasteiger partial charge < -0.3 is 4.57 Å². The van der Waals surface area contributed by atoms with Crippen molar-refractivity contribution in [1.29, 1.82) is 0 Å². The average Bonchev–Trinajstić information content (AvgIpc) is 3.11. The second kappa shape index (κ2) is 12.4. The molecule has 1 heteroatoms. The zero-order valence-electron chi connectivity index (χ0n) is 18.9. The fourth-order valence-electron chi connectivity index (χ4n) is 3.36. The Bertz CT molecular complexity index is 982. The van der Waals surface area contributed by atoms with Gasteiger partial charge in [-0.15, -0.1) is 0 Å². The Labute approximate surface area is 177 Å². The third kappa shape index (κ3) is 4.86. The fraction of sp³-hybridized carbons (Fsp3) is 0.214. The molecule has 0 bridgehead atoms. The van der Waals surface area contributed by atoms with Crippen LogP contribution < -0.4 is 0 Å². The summed E-state index contributed by atoms with van der Waals surface area (Å²) < 4.78 is 2.31. The predicted octanol–water partition coefficient (Wildman–Crippen LogP) is 9.04. The van der Waals surface area contributed by atoms with Crippen LogP contribution in [0.15, 0.2) is 67.8 Å². The van der Waals surface area contributed by atoms with Gasteiger partial charge >= 0.3 is 0 Å². The molecular weight excluding hydrogens is 350 g/mol. The second-order valence-corrected chi connectivity index (χ2v) is 5.84. The summed E-state index contributed by atoms with van der Waals surface area (Å²) in [4.78, 5) is 0. The lowest BCUT2D eigenvalue weighted by atomic mass is 10.0. The highest BCUT2D eigenvalue weighted by molar-refractivity contribution is 6.01. The SMILES string of the molecule is C=Cc1ccc2c(C=C)c(/C=C\C)n(-c3ccccc3)c2c1/C=C\C.CC.CC. The smallest absolute Gasteiger partial charge is 0.0619 e. The molecule has 3 aromatic rings. The molecule has 0 radical (unpaired) electrons. The highest BCUT2D eigenvalue weighted by atomic mass is 15.0. The minimum absolute atomic E-state index is 1.13. The molecule has 0 unspecified atom stereocenters. The lowest BCUT2D eigenvalue weighted by Gasteiger charge is -2.12. The molecule has 0 amide bonds. The number of para-hydroxylation sites is 1. The van der Waals surface area contributed by atoms with Crippen LogP contribution >= 0.6 is 0 Å². The summed E-state index contributed by atoms with van der Waals surface area (Å²) in [7, 11) is 0. The van der Waals surface area contributed by atoms with Crippen molar-refractivity contribution in [1.82, 2.24) is 4.57 Å². The van der Waals surface area contributed by atoms with Gasteiger partial charge in [0.2, 0.25) is 0 Å². The topological polar surface area (TPSA) is 4.93 Å². The summed E-state index contributed by atoms with van der Waals surface area (Å²) in [6.07, 6.45) is 12.3. The van der Waals surface area contributed by atoms with Crippen molar-refractivity contribution < 1.29 is 0 Å². The van der Waals surface area contributed by atoms with Crippen LogP contribution in [-0.4, -0.2) is 4.57 Å². The largest absolute Gasteiger partial charge is 0.309 e. The molecule has 0 aliphatic heterocycles. The molecule has 2 aromatic carbocycles.